The highest BCUT2D eigenvalue weighted by Gasteiger charge is 2.50. The van der Waals surface area contributed by atoms with Crippen molar-refractivity contribution < 1.29 is 9.90 Å². The zero-order valence-electron chi connectivity index (χ0n) is 9.11. The van der Waals surface area contributed by atoms with Crippen molar-refractivity contribution in [3.8, 4) is 0 Å². The molecule has 2 aliphatic rings. The number of hydrogen-bond donors (Lipinski definition) is 2. The van der Waals surface area contributed by atoms with Crippen LogP contribution < -0.4 is 5.73 Å². The number of nitrogens with zero attached hydrogens (tertiary/aromatic N) is 1. The summed E-state index contributed by atoms with van der Waals surface area (Å²) < 4.78 is 0. The molecule has 4 heteroatoms. The fraction of sp³-hybridized carbons (Fsp3) is 0.909. The lowest BCUT2D eigenvalue weighted by molar-refractivity contribution is -0.155. The first-order valence-corrected chi connectivity index (χ1v) is 5.83. The Hall–Kier alpha value is -0.610. The van der Waals surface area contributed by atoms with Gasteiger partial charge in [-0.25, -0.2) is 0 Å². The fourth-order valence-electron chi connectivity index (χ4n) is 3.05. The van der Waals surface area contributed by atoms with Crippen molar-refractivity contribution in [2.24, 2.45) is 17.1 Å². The molecule has 0 aromatic heterocycles. The highest BCUT2D eigenvalue weighted by Crippen LogP contribution is 2.52. The Morgan fingerprint density at radius 3 is 2.67 bits per heavy atom. The van der Waals surface area contributed by atoms with Crippen LogP contribution in [0.4, 0.5) is 0 Å². The molecule has 0 bridgehead atoms. The average molecular weight is 212 g/mol. The van der Waals surface area contributed by atoms with E-state index in [1.54, 1.807) is 0 Å². The van der Waals surface area contributed by atoms with E-state index in [-0.39, 0.29) is 11.3 Å². The maximum atomic E-state index is 11.3. The molecule has 1 spiro atoms. The van der Waals surface area contributed by atoms with Crippen LogP contribution >= 0.6 is 0 Å². The molecule has 86 valence electrons. The van der Waals surface area contributed by atoms with Gasteiger partial charge in [0.15, 0.2) is 0 Å². The third kappa shape index (κ3) is 1.88. The van der Waals surface area contributed by atoms with Gasteiger partial charge in [-0.1, -0.05) is 6.42 Å². The third-order valence-electron chi connectivity index (χ3n) is 4.20. The molecule has 3 N–H and O–H groups in total. The Labute approximate surface area is 90.4 Å². The molecule has 2 fully saturated rings. The molecule has 2 rings (SSSR count). The van der Waals surface area contributed by atoms with Crippen LogP contribution in [0.1, 0.15) is 25.7 Å². The van der Waals surface area contributed by atoms with E-state index in [0.29, 0.717) is 13.1 Å². The Balaban J connectivity index is 2.02. The molecule has 1 unspecified atom stereocenters. The zero-order valence-corrected chi connectivity index (χ0v) is 9.11. The van der Waals surface area contributed by atoms with Crippen molar-refractivity contribution >= 4 is 5.97 Å². The van der Waals surface area contributed by atoms with Gasteiger partial charge in [-0.2, -0.15) is 0 Å². The standard InChI is InChI=1S/C11H20N2O2/c12-5-7-13-6-4-11(2-1-3-11)9(8-13)10(14)15/h9H,1-8,12H2,(H,14,15). The van der Waals surface area contributed by atoms with Gasteiger partial charge in [0, 0.05) is 19.6 Å². The molecular formula is C11H20N2O2. The maximum Gasteiger partial charge on any atom is 0.308 e. The number of nitrogens with two attached hydrogens (primary N) is 1. The van der Waals surface area contributed by atoms with E-state index < -0.39 is 5.97 Å². The van der Waals surface area contributed by atoms with Crippen LogP contribution in [-0.4, -0.2) is 42.2 Å². The summed E-state index contributed by atoms with van der Waals surface area (Å²) in [6.07, 6.45) is 4.48. The average Bonchev–Trinajstić information content (AvgIpc) is 2.15. The summed E-state index contributed by atoms with van der Waals surface area (Å²) in [5, 5.41) is 9.27. The molecule has 1 heterocycles. The first kappa shape index (κ1) is 10.9. The van der Waals surface area contributed by atoms with Crippen LogP contribution in [0.25, 0.3) is 0 Å². The summed E-state index contributed by atoms with van der Waals surface area (Å²) in [6, 6.07) is 0. The van der Waals surface area contributed by atoms with Gasteiger partial charge in [0.05, 0.1) is 5.92 Å². The Kier molecular flexibility index (Phi) is 2.98. The number of hydrogen-bond acceptors (Lipinski definition) is 3. The van der Waals surface area contributed by atoms with Crippen molar-refractivity contribution in [2.45, 2.75) is 25.7 Å². The minimum Gasteiger partial charge on any atom is -0.481 e. The number of rotatable bonds is 3. The van der Waals surface area contributed by atoms with E-state index in [4.69, 9.17) is 5.73 Å². The molecule has 1 aliphatic carbocycles. The molecule has 0 radical (unpaired) electrons. The normalized spacial score (nSPS) is 30.1. The molecular weight excluding hydrogens is 192 g/mol. The van der Waals surface area contributed by atoms with E-state index in [1.165, 1.54) is 6.42 Å². The molecule has 15 heavy (non-hydrogen) atoms. The van der Waals surface area contributed by atoms with E-state index in [1.807, 2.05) is 0 Å². The highest BCUT2D eigenvalue weighted by molar-refractivity contribution is 5.71. The SMILES string of the molecule is NCCN1CCC2(CCC2)C(C(=O)O)C1. The minimum absolute atomic E-state index is 0.136. The second kappa shape index (κ2) is 4.10. The first-order valence-electron chi connectivity index (χ1n) is 5.83. The van der Waals surface area contributed by atoms with Gasteiger partial charge < -0.3 is 15.7 Å². The van der Waals surface area contributed by atoms with Gasteiger partial charge in [0.2, 0.25) is 0 Å². The van der Waals surface area contributed by atoms with Crippen LogP contribution in [0.15, 0.2) is 0 Å². The van der Waals surface area contributed by atoms with Gasteiger partial charge in [0.25, 0.3) is 0 Å². The maximum absolute atomic E-state index is 11.3. The Morgan fingerprint density at radius 2 is 2.20 bits per heavy atom. The highest BCUT2D eigenvalue weighted by atomic mass is 16.4. The number of carboxylic acid groups (broad SMARTS) is 1. The Bertz CT molecular complexity index is 251. The second-order valence-electron chi connectivity index (χ2n) is 4.95. The van der Waals surface area contributed by atoms with Gasteiger partial charge in [-0.3, -0.25) is 4.79 Å². The van der Waals surface area contributed by atoms with Gasteiger partial charge in [-0.15, -0.1) is 0 Å². The van der Waals surface area contributed by atoms with E-state index in [9.17, 15) is 9.90 Å². The lowest BCUT2D eigenvalue weighted by atomic mass is 9.57. The van der Waals surface area contributed by atoms with Crippen LogP contribution in [0.3, 0.4) is 0 Å². The quantitative estimate of drug-likeness (QED) is 0.716. The van der Waals surface area contributed by atoms with Crippen LogP contribution in [0.5, 0.6) is 0 Å². The molecule has 1 saturated carbocycles. The predicted octanol–water partition coefficient (Wildman–Crippen LogP) is 0.522. The second-order valence-corrected chi connectivity index (χ2v) is 4.95. The summed E-state index contributed by atoms with van der Waals surface area (Å²) >= 11 is 0. The summed E-state index contributed by atoms with van der Waals surface area (Å²) in [6.45, 7) is 3.19. The van der Waals surface area contributed by atoms with Gasteiger partial charge >= 0.3 is 5.97 Å². The van der Waals surface area contributed by atoms with Crippen molar-refractivity contribution in [1.29, 1.82) is 0 Å². The van der Waals surface area contributed by atoms with E-state index in [0.717, 1.165) is 32.4 Å². The fourth-order valence-corrected chi connectivity index (χ4v) is 3.05. The van der Waals surface area contributed by atoms with E-state index in [2.05, 4.69) is 4.90 Å². The zero-order chi connectivity index (χ0) is 10.9. The smallest absolute Gasteiger partial charge is 0.308 e. The molecule has 1 saturated heterocycles. The summed E-state index contributed by atoms with van der Waals surface area (Å²) in [5.74, 6) is -0.775. The number of likely N-dealkylation sites (tertiary alicyclic amines) is 1. The van der Waals surface area contributed by atoms with Crippen LogP contribution in [0.2, 0.25) is 0 Å². The topological polar surface area (TPSA) is 66.6 Å². The molecule has 0 aromatic carbocycles. The minimum atomic E-state index is -0.614. The molecule has 1 aliphatic heterocycles. The summed E-state index contributed by atoms with van der Waals surface area (Å²) in [5.41, 5.74) is 5.64. The largest absolute Gasteiger partial charge is 0.481 e. The molecule has 4 nitrogen and oxygen atoms in total. The third-order valence-corrected chi connectivity index (χ3v) is 4.20. The van der Waals surface area contributed by atoms with Crippen molar-refractivity contribution in [1.82, 2.24) is 4.90 Å². The number of carbonyl (C=O) groups is 1. The number of aliphatic carboxylic acids is 1. The van der Waals surface area contributed by atoms with Crippen molar-refractivity contribution in [3.05, 3.63) is 0 Å². The number of piperidine rings is 1. The lowest BCUT2D eigenvalue weighted by Crippen LogP contribution is -2.54. The summed E-state index contributed by atoms with van der Waals surface area (Å²) in [7, 11) is 0. The van der Waals surface area contributed by atoms with Crippen LogP contribution in [-0.2, 0) is 4.79 Å². The summed E-state index contributed by atoms with van der Waals surface area (Å²) in [4.78, 5) is 13.5. The van der Waals surface area contributed by atoms with Gasteiger partial charge in [0.1, 0.15) is 0 Å². The first-order chi connectivity index (χ1) is 7.18. The van der Waals surface area contributed by atoms with Crippen molar-refractivity contribution in [2.75, 3.05) is 26.2 Å². The predicted molar refractivity (Wildman–Crippen MR) is 57.5 cm³/mol. The van der Waals surface area contributed by atoms with Gasteiger partial charge in [-0.05, 0) is 31.2 Å². The molecule has 0 amide bonds. The Morgan fingerprint density at radius 1 is 1.47 bits per heavy atom. The molecule has 1 atom stereocenters. The van der Waals surface area contributed by atoms with E-state index >= 15 is 0 Å². The lowest BCUT2D eigenvalue weighted by Gasteiger charge is -2.51. The molecule has 0 aromatic rings. The van der Waals surface area contributed by atoms with Crippen molar-refractivity contribution in [3.63, 3.8) is 0 Å². The number of carboxylic acids is 1. The van der Waals surface area contributed by atoms with Crippen LogP contribution in [0, 0.1) is 11.3 Å². The monoisotopic (exact) mass is 212 g/mol.